The van der Waals surface area contributed by atoms with Crippen molar-refractivity contribution in [2.45, 2.75) is 19.3 Å². The van der Waals surface area contributed by atoms with Gasteiger partial charge in [0.15, 0.2) is 0 Å². The van der Waals surface area contributed by atoms with Gasteiger partial charge in [0.25, 0.3) is 0 Å². The molecule has 3 heterocycles. The quantitative estimate of drug-likeness (QED) is 0.138. The first-order valence-corrected chi connectivity index (χ1v) is 16.8. The first kappa shape index (κ1) is 23.3. The maximum absolute atomic E-state index is 16.2. The van der Waals surface area contributed by atoms with Crippen LogP contribution in [-0.2, 0) is 5.41 Å². The van der Waals surface area contributed by atoms with E-state index in [2.05, 4.69) is 76.2 Å². The van der Waals surface area contributed by atoms with Gasteiger partial charge in [-0.1, -0.05) is 0 Å². The number of hydrogen-bond donors (Lipinski definition) is 0. The Hall–Kier alpha value is -3.65. The summed E-state index contributed by atoms with van der Waals surface area (Å²) in [6.07, 6.45) is 0. The van der Waals surface area contributed by atoms with E-state index in [4.69, 9.17) is 0 Å². The van der Waals surface area contributed by atoms with Gasteiger partial charge in [0.05, 0.1) is 0 Å². The summed E-state index contributed by atoms with van der Waals surface area (Å²) in [5, 5.41) is 1.53. The zero-order valence-electron chi connectivity index (χ0n) is 21.5. The number of aromatic nitrogens is 1. The van der Waals surface area contributed by atoms with Crippen molar-refractivity contribution in [3.05, 3.63) is 124 Å². The number of rotatable bonds is 2. The molecule has 0 unspecified atom stereocenters. The molecule has 6 aromatic rings. The molecule has 6 heteroatoms. The Bertz CT molecular complexity index is 2040. The second-order valence-electron chi connectivity index (χ2n) is 10.9. The summed E-state index contributed by atoms with van der Waals surface area (Å²) >= 11 is -5.72. The monoisotopic (exact) mass is 624 g/mol. The first-order chi connectivity index (χ1) is 18.9. The molecule has 0 saturated heterocycles. The fourth-order valence-electron chi connectivity index (χ4n) is 6.94. The van der Waals surface area contributed by atoms with Gasteiger partial charge in [0.2, 0.25) is 0 Å². The topological polar surface area (TPSA) is 17.3 Å². The molecule has 0 saturated carbocycles. The molecule has 8 rings (SSSR count). The minimum absolute atomic E-state index is 0.0553. The van der Waals surface area contributed by atoms with Crippen molar-refractivity contribution in [1.82, 2.24) is 4.57 Å². The van der Waals surface area contributed by atoms with Crippen molar-refractivity contribution in [3.63, 3.8) is 0 Å². The van der Waals surface area contributed by atoms with E-state index in [-0.39, 0.29) is 15.7 Å². The molecular weight excluding hydrogens is 600 g/mol. The van der Waals surface area contributed by atoms with Crippen molar-refractivity contribution in [2.75, 3.05) is 0 Å². The van der Waals surface area contributed by atoms with Crippen LogP contribution in [0.3, 0.4) is 0 Å². The van der Waals surface area contributed by atoms with Crippen molar-refractivity contribution >= 4 is 70.0 Å². The van der Waals surface area contributed by atoms with Crippen LogP contribution in [0.1, 0.15) is 25.0 Å². The van der Waals surface area contributed by atoms with Gasteiger partial charge in [-0.3, -0.25) is 0 Å². The molecule has 1 aromatic heterocycles. The third-order valence-corrected chi connectivity index (χ3v) is 12.0. The average molecular weight is 624 g/mol. The molecule has 0 aliphatic carbocycles. The molecule has 0 spiro atoms. The number of fused-ring (bicyclic) bond motifs is 8. The van der Waals surface area contributed by atoms with Crippen molar-refractivity contribution in [1.29, 1.82) is 0 Å². The van der Waals surface area contributed by atoms with E-state index in [0.717, 1.165) is 22.1 Å². The molecule has 0 fully saturated rings. The number of hydrogen-bond acceptors (Lipinski definition) is 1. The van der Waals surface area contributed by atoms with E-state index >= 15 is 5.72 Å². The standard InChI is InChI=1S/C33H24BF2IN2/c1-33(2)23-13-6-7-14-25(23)34-26-15-8-9-17-28(26)39-29-18-10-16-27(37(35,36)38-21-11-4-3-5-12-21)30(29)22-19-20-24(33)31(34)32(22)39/h3-20H,1-2H3. The molecule has 0 atom stereocenters. The van der Waals surface area contributed by atoms with Gasteiger partial charge >= 0.3 is 232 Å². The Morgan fingerprint density at radius 2 is 1.44 bits per heavy atom. The molecule has 0 bridgehead atoms. The van der Waals surface area contributed by atoms with E-state index in [1.165, 1.54) is 27.5 Å². The summed E-state index contributed by atoms with van der Waals surface area (Å²) in [4.78, 5) is 0. The number of para-hydroxylation sites is 1. The molecule has 190 valence electrons. The molecule has 2 nitrogen and oxygen atoms in total. The summed E-state index contributed by atoms with van der Waals surface area (Å²) in [6.45, 7) is 4.61. The molecular formula is C33H24BF2IN2. The van der Waals surface area contributed by atoms with Crippen LogP contribution in [0.5, 0.6) is 0 Å². The molecule has 0 radical (unpaired) electrons. The number of halogens is 3. The first-order valence-electron chi connectivity index (χ1n) is 13.1. The summed E-state index contributed by atoms with van der Waals surface area (Å²) in [5.74, 6) is 0. The summed E-state index contributed by atoms with van der Waals surface area (Å²) in [5.41, 5.74) is 9.41. The van der Waals surface area contributed by atoms with Gasteiger partial charge in [0, 0.05) is 0 Å². The Labute approximate surface area is 231 Å². The SMILES string of the molecule is CC1(C)c2ccccc2B2c3ccccc3-n3c4cccc(I(F)(F)=Nc5ccccc5)c4c4ccc1c2c43. The van der Waals surface area contributed by atoms with E-state index in [0.29, 0.717) is 11.1 Å². The fraction of sp³-hybridized carbons (Fsp3) is 0.0909. The summed E-state index contributed by atoms with van der Waals surface area (Å²) < 4.78 is 38.8. The molecule has 0 amide bonds. The van der Waals surface area contributed by atoms with Crippen LogP contribution in [0.2, 0.25) is 0 Å². The predicted octanol–water partition coefficient (Wildman–Crippen LogP) is 7.75. The predicted molar refractivity (Wildman–Crippen MR) is 167 cm³/mol. The zero-order valence-corrected chi connectivity index (χ0v) is 23.7. The zero-order chi connectivity index (χ0) is 26.5. The second-order valence-corrected chi connectivity index (χ2v) is 14.9. The molecule has 5 aromatic carbocycles. The molecule has 2 aliphatic heterocycles. The van der Waals surface area contributed by atoms with Crippen LogP contribution < -0.4 is 16.4 Å². The van der Waals surface area contributed by atoms with Crippen LogP contribution in [0.15, 0.2) is 112 Å². The van der Waals surface area contributed by atoms with Crippen LogP contribution >= 0.6 is 19.4 Å². The molecule has 39 heavy (non-hydrogen) atoms. The van der Waals surface area contributed by atoms with Crippen LogP contribution in [0, 0.1) is 3.57 Å². The maximum atomic E-state index is 16.2. The van der Waals surface area contributed by atoms with E-state index in [9.17, 15) is 0 Å². The third kappa shape index (κ3) is 3.06. The molecule has 2 aliphatic rings. The fourth-order valence-corrected chi connectivity index (χ4v) is 10.1. The van der Waals surface area contributed by atoms with Crippen LogP contribution in [-0.4, -0.2) is 11.3 Å². The third-order valence-electron chi connectivity index (χ3n) is 8.54. The summed E-state index contributed by atoms with van der Waals surface area (Å²) in [7, 11) is 0. The average Bonchev–Trinajstić information content (AvgIpc) is 3.29. The Balaban J connectivity index is 1.55. The van der Waals surface area contributed by atoms with E-state index < -0.39 is 19.4 Å². The van der Waals surface area contributed by atoms with Gasteiger partial charge in [-0.05, 0) is 0 Å². The normalized spacial score (nSPS) is 15.2. The minimum atomic E-state index is -5.72. The second kappa shape index (κ2) is 7.95. The van der Waals surface area contributed by atoms with E-state index in [1.807, 2.05) is 18.2 Å². The van der Waals surface area contributed by atoms with Gasteiger partial charge in [-0.25, -0.2) is 0 Å². The number of nitrogens with zero attached hydrogens (tertiary/aromatic N) is 2. The van der Waals surface area contributed by atoms with Gasteiger partial charge < -0.3 is 0 Å². The Kier molecular flexibility index (Phi) is 4.74. The van der Waals surface area contributed by atoms with Gasteiger partial charge in [-0.2, -0.15) is 0 Å². The summed E-state index contributed by atoms with van der Waals surface area (Å²) in [6, 6.07) is 35.5. The van der Waals surface area contributed by atoms with Crippen molar-refractivity contribution in [3.8, 4) is 5.69 Å². The van der Waals surface area contributed by atoms with Crippen molar-refractivity contribution in [2.24, 2.45) is 3.15 Å². The Morgan fingerprint density at radius 1 is 0.718 bits per heavy atom. The van der Waals surface area contributed by atoms with Crippen molar-refractivity contribution < 1.29 is 5.72 Å². The van der Waals surface area contributed by atoms with E-state index in [1.54, 1.807) is 36.4 Å². The Morgan fingerprint density at radius 3 is 2.26 bits per heavy atom. The van der Waals surface area contributed by atoms with Crippen LogP contribution in [0.4, 0.5) is 11.4 Å². The molecule has 0 N–H and O–H groups in total. The van der Waals surface area contributed by atoms with Gasteiger partial charge in [-0.15, -0.1) is 0 Å². The van der Waals surface area contributed by atoms with Crippen LogP contribution in [0.25, 0.3) is 27.5 Å². The van der Waals surface area contributed by atoms with Gasteiger partial charge in [0.1, 0.15) is 0 Å². The number of benzene rings is 5.